The molecule has 1 saturated carbocycles. The first-order valence-corrected chi connectivity index (χ1v) is 9.64. The van der Waals surface area contributed by atoms with Crippen molar-refractivity contribution in [2.24, 2.45) is 0 Å². The van der Waals surface area contributed by atoms with Gasteiger partial charge in [0.2, 0.25) is 5.76 Å². The van der Waals surface area contributed by atoms with Gasteiger partial charge in [-0.2, -0.15) is 0 Å². The Labute approximate surface area is 168 Å². The zero-order chi connectivity index (χ0) is 20.5. The van der Waals surface area contributed by atoms with Crippen LogP contribution in [-0.2, 0) is 16.1 Å². The Morgan fingerprint density at radius 1 is 1.00 bits per heavy atom. The molecular weight excluding hydrogens is 376 g/mol. The molecule has 0 saturated heterocycles. The van der Waals surface area contributed by atoms with Gasteiger partial charge < -0.3 is 19.2 Å². The quantitative estimate of drug-likeness (QED) is 0.692. The van der Waals surface area contributed by atoms with E-state index in [9.17, 15) is 14.4 Å². The van der Waals surface area contributed by atoms with Gasteiger partial charge in [-0.3, -0.25) is 10.1 Å². The number of para-hydroxylation sites is 1. The molecule has 0 bridgehead atoms. The number of ether oxygens (including phenoxy) is 2. The highest BCUT2D eigenvalue weighted by Crippen LogP contribution is 2.17. The van der Waals surface area contributed by atoms with Crippen LogP contribution < -0.4 is 15.4 Å². The molecule has 29 heavy (non-hydrogen) atoms. The lowest BCUT2D eigenvalue weighted by atomic mass is 9.96. The molecule has 1 aromatic heterocycles. The molecule has 3 rings (SSSR count). The SMILES string of the molecule is O=C(COC(=O)c1ccc(COc2ccccc2)o1)NC(=O)NC1CCCCC1. The lowest BCUT2D eigenvalue weighted by Crippen LogP contribution is -2.46. The Balaban J connectivity index is 1.38. The number of esters is 1. The Morgan fingerprint density at radius 2 is 1.76 bits per heavy atom. The number of imide groups is 1. The van der Waals surface area contributed by atoms with Crippen LogP contribution in [0.4, 0.5) is 4.79 Å². The first kappa shape index (κ1) is 20.4. The second kappa shape index (κ2) is 10.3. The average molecular weight is 400 g/mol. The van der Waals surface area contributed by atoms with Gasteiger partial charge in [-0.15, -0.1) is 0 Å². The number of rotatable bonds is 7. The fourth-order valence-electron chi connectivity index (χ4n) is 3.07. The summed E-state index contributed by atoms with van der Waals surface area (Å²) in [5, 5.41) is 4.92. The zero-order valence-corrected chi connectivity index (χ0v) is 16.0. The molecule has 1 aromatic carbocycles. The summed E-state index contributed by atoms with van der Waals surface area (Å²) in [5.74, 6) is -0.422. The monoisotopic (exact) mass is 400 g/mol. The third kappa shape index (κ3) is 6.67. The number of carbonyl (C=O) groups excluding carboxylic acids is 3. The predicted octanol–water partition coefficient (Wildman–Crippen LogP) is 3.17. The highest BCUT2D eigenvalue weighted by Gasteiger charge is 2.19. The third-order valence-corrected chi connectivity index (χ3v) is 4.51. The fourth-order valence-corrected chi connectivity index (χ4v) is 3.07. The van der Waals surface area contributed by atoms with Crippen molar-refractivity contribution in [3.8, 4) is 5.75 Å². The summed E-state index contributed by atoms with van der Waals surface area (Å²) in [5.41, 5.74) is 0. The Bertz CT molecular complexity index is 827. The summed E-state index contributed by atoms with van der Waals surface area (Å²) in [6.07, 6.45) is 5.12. The first-order chi connectivity index (χ1) is 14.1. The second-order valence-electron chi connectivity index (χ2n) is 6.80. The van der Waals surface area contributed by atoms with Gasteiger partial charge in [0.1, 0.15) is 18.1 Å². The zero-order valence-electron chi connectivity index (χ0n) is 16.0. The van der Waals surface area contributed by atoms with Crippen LogP contribution in [0.2, 0.25) is 0 Å². The van der Waals surface area contributed by atoms with Crippen LogP contribution in [0.15, 0.2) is 46.9 Å². The molecule has 1 fully saturated rings. The van der Waals surface area contributed by atoms with Crippen LogP contribution >= 0.6 is 0 Å². The van der Waals surface area contributed by atoms with Gasteiger partial charge in [-0.25, -0.2) is 9.59 Å². The van der Waals surface area contributed by atoms with Gasteiger partial charge in [-0.05, 0) is 37.1 Å². The van der Waals surface area contributed by atoms with Crippen LogP contribution in [-0.4, -0.2) is 30.6 Å². The lowest BCUT2D eigenvalue weighted by Gasteiger charge is -2.22. The Hall–Kier alpha value is -3.29. The average Bonchev–Trinajstić information content (AvgIpc) is 3.21. The van der Waals surface area contributed by atoms with Gasteiger partial charge in [0.05, 0.1) is 0 Å². The van der Waals surface area contributed by atoms with Crippen molar-refractivity contribution in [1.29, 1.82) is 0 Å². The molecule has 0 spiro atoms. The molecular formula is C21H24N2O6. The number of furan rings is 1. The van der Waals surface area contributed by atoms with Crippen molar-refractivity contribution in [2.45, 2.75) is 44.8 Å². The molecule has 0 aliphatic heterocycles. The van der Waals surface area contributed by atoms with Gasteiger partial charge in [-0.1, -0.05) is 37.5 Å². The Kier molecular flexibility index (Phi) is 7.27. The van der Waals surface area contributed by atoms with E-state index in [4.69, 9.17) is 13.9 Å². The van der Waals surface area contributed by atoms with E-state index in [-0.39, 0.29) is 18.4 Å². The second-order valence-corrected chi connectivity index (χ2v) is 6.80. The van der Waals surface area contributed by atoms with Crippen molar-refractivity contribution in [2.75, 3.05) is 6.61 Å². The normalized spacial score (nSPS) is 14.1. The number of hydrogen-bond donors (Lipinski definition) is 2. The number of hydrogen-bond acceptors (Lipinski definition) is 6. The highest BCUT2D eigenvalue weighted by molar-refractivity contribution is 5.96. The third-order valence-electron chi connectivity index (χ3n) is 4.51. The van der Waals surface area contributed by atoms with Crippen molar-refractivity contribution in [1.82, 2.24) is 10.6 Å². The maximum atomic E-state index is 12.0. The number of amides is 3. The molecule has 1 heterocycles. The van der Waals surface area contributed by atoms with Gasteiger partial charge in [0.15, 0.2) is 6.61 Å². The minimum absolute atomic E-state index is 0.0453. The van der Waals surface area contributed by atoms with Crippen LogP contribution in [0.25, 0.3) is 0 Å². The van der Waals surface area contributed by atoms with Crippen molar-refractivity contribution in [3.63, 3.8) is 0 Å². The number of benzene rings is 1. The van der Waals surface area contributed by atoms with E-state index < -0.39 is 24.5 Å². The van der Waals surface area contributed by atoms with Gasteiger partial charge in [0.25, 0.3) is 5.91 Å². The van der Waals surface area contributed by atoms with Gasteiger partial charge in [0, 0.05) is 6.04 Å². The molecule has 0 radical (unpaired) electrons. The number of urea groups is 1. The fraction of sp³-hybridized carbons (Fsp3) is 0.381. The minimum Gasteiger partial charge on any atom is -0.486 e. The maximum absolute atomic E-state index is 12.0. The summed E-state index contributed by atoms with van der Waals surface area (Å²) in [6.45, 7) is -0.424. The van der Waals surface area contributed by atoms with Crippen LogP contribution in [0, 0.1) is 0 Å². The molecule has 2 N–H and O–H groups in total. The van der Waals surface area contributed by atoms with Crippen molar-refractivity contribution in [3.05, 3.63) is 54.0 Å². The van der Waals surface area contributed by atoms with E-state index >= 15 is 0 Å². The molecule has 2 aromatic rings. The molecule has 0 unspecified atom stereocenters. The molecule has 0 atom stereocenters. The van der Waals surface area contributed by atoms with E-state index in [1.807, 2.05) is 18.2 Å². The number of carbonyl (C=O) groups is 3. The summed E-state index contributed by atoms with van der Waals surface area (Å²) in [6, 6.07) is 11.7. The topological polar surface area (TPSA) is 107 Å². The molecule has 8 heteroatoms. The van der Waals surface area contributed by atoms with E-state index in [0.717, 1.165) is 25.7 Å². The molecule has 8 nitrogen and oxygen atoms in total. The van der Waals surface area contributed by atoms with Crippen molar-refractivity contribution < 1.29 is 28.3 Å². The van der Waals surface area contributed by atoms with Crippen LogP contribution in [0.5, 0.6) is 5.75 Å². The summed E-state index contributed by atoms with van der Waals surface area (Å²) in [4.78, 5) is 35.6. The van der Waals surface area contributed by atoms with Crippen LogP contribution in [0.1, 0.15) is 48.4 Å². The van der Waals surface area contributed by atoms with Crippen molar-refractivity contribution >= 4 is 17.9 Å². The van der Waals surface area contributed by atoms with E-state index in [1.54, 1.807) is 18.2 Å². The molecule has 1 aliphatic carbocycles. The molecule has 154 valence electrons. The predicted molar refractivity (Wildman–Crippen MR) is 103 cm³/mol. The summed E-state index contributed by atoms with van der Waals surface area (Å²) >= 11 is 0. The number of nitrogens with one attached hydrogen (secondary N) is 2. The van der Waals surface area contributed by atoms with E-state index in [0.29, 0.717) is 11.5 Å². The lowest BCUT2D eigenvalue weighted by molar-refractivity contribution is -0.123. The largest absolute Gasteiger partial charge is 0.486 e. The Morgan fingerprint density at radius 3 is 2.52 bits per heavy atom. The first-order valence-electron chi connectivity index (χ1n) is 9.64. The minimum atomic E-state index is -0.793. The smallest absolute Gasteiger partial charge is 0.374 e. The standard InChI is InChI=1S/C21H24N2O6/c24-19(23-21(26)22-15-7-3-1-4-8-15)14-28-20(25)18-12-11-17(29-18)13-27-16-9-5-2-6-10-16/h2,5-6,9-12,15H,1,3-4,7-8,13-14H2,(H2,22,23,24,26). The summed E-state index contributed by atoms with van der Waals surface area (Å²) in [7, 11) is 0. The molecule has 1 aliphatic rings. The van der Waals surface area contributed by atoms with E-state index in [2.05, 4.69) is 10.6 Å². The van der Waals surface area contributed by atoms with E-state index in [1.165, 1.54) is 12.5 Å². The molecule has 3 amide bonds. The van der Waals surface area contributed by atoms with Crippen LogP contribution in [0.3, 0.4) is 0 Å². The van der Waals surface area contributed by atoms with Gasteiger partial charge >= 0.3 is 12.0 Å². The summed E-state index contributed by atoms with van der Waals surface area (Å²) < 4.78 is 15.8. The highest BCUT2D eigenvalue weighted by atomic mass is 16.6. The maximum Gasteiger partial charge on any atom is 0.374 e.